The van der Waals surface area contributed by atoms with E-state index in [4.69, 9.17) is 4.74 Å². The molecular formula is C13H19NO. The van der Waals surface area contributed by atoms with Crippen LogP contribution in [0.15, 0.2) is 24.3 Å². The molecule has 2 rings (SSSR count). The number of benzene rings is 1. The molecule has 15 heavy (non-hydrogen) atoms. The molecule has 0 amide bonds. The van der Waals surface area contributed by atoms with Crippen molar-refractivity contribution in [3.8, 4) is 5.75 Å². The van der Waals surface area contributed by atoms with E-state index in [2.05, 4.69) is 11.4 Å². The van der Waals surface area contributed by atoms with Crippen LogP contribution in [0.25, 0.3) is 0 Å². The maximum atomic E-state index is 5.55. The Morgan fingerprint density at radius 1 is 1.33 bits per heavy atom. The van der Waals surface area contributed by atoms with E-state index >= 15 is 0 Å². The Labute approximate surface area is 91.6 Å². The predicted octanol–water partition coefficient (Wildman–Crippen LogP) is 3.30. The van der Waals surface area contributed by atoms with Crippen molar-refractivity contribution in [3.63, 3.8) is 0 Å². The fourth-order valence-electron chi connectivity index (χ4n) is 1.71. The van der Waals surface area contributed by atoms with Gasteiger partial charge in [0.25, 0.3) is 0 Å². The second-order valence-corrected chi connectivity index (χ2v) is 4.09. The summed E-state index contributed by atoms with van der Waals surface area (Å²) >= 11 is 0. The highest BCUT2D eigenvalue weighted by atomic mass is 16.5. The SMILES string of the molecule is CCOc1ccccc1NCCC1CC1. The molecule has 1 saturated carbocycles. The predicted molar refractivity (Wildman–Crippen MR) is 63.4 cm³/mol. The largest absolute Gasteiger partial charge is 0.492 e. The van der Waals surface area contributed by atoms with Gasteiger partial charge in [-0.15, -0.1) is 0 Å². The molecule has 1 N–H and O–H groups in total. The van der Waals surface area contributed by atoms with Crippen molar-refractivity contribution < 1.29 is 4.74 Å². The second-order valence-electron chi connectivity index (χ2n) is 4.09. The van der Waals surface area contributed by atoms with Gasteiger partial charge in [-0.1, -0.05) is 25.0 Å². The Bertz CT molecular complexity index is 307. The summed E-state index contributed by atoms with van der Waals surface area (Å²) in [5.41, 5.74) is 1.12. The van der Waals surface area contributed by atoms with Crippen LogP contribution in [0.1, 0.15) is 26.2 Å². The summed E-state index contributed by atoms with van der Waals surface area (Å²) in [4.78, 5) is 0. The van der Waals surface area contributed by atoms with Crippen molar-refractivity contribution in [2.24, 2.45) is 5.92 Å². The molecule has 0 aliphatic heterocycles. The minimum absolute atomic E-state index is 0.724. The number of ether oxygens (including phenoxy) is 1. The molecule has 0 heterocycles. The lowest BCUT2D eigenvalue weighted by molar-refractivity contribution is 0.341. The third-order valence-electron chi connectivity index (χ3n) is 2.75. The molecule has 0 spiro atoms. The molecule has 0 aromatic heterocycles. The molecule has 0 saturated heterocycles. The van der Waals surface area contributed by atoms with E-state index in [0.717, 1.165) is 30.5 Å². The molecule has 1 fully saturated rings. The molecule has 2 heteroatoms. The molecule has 0 unspecified atom stereocenters. The number of para-hydroxylation sites is 2. The Morgan fingerprint density at radius 2 is 2.13 bits per heavy atom. The zero-order valence-electron chi connectivity index (χ0n) is 9.33. The van der Waals surface area contributed by atoms with E-state index in [9.17, 15) is 0 Å². The van der Waals surface area contributed by atoms with Gasteiger partial charge in [-0.2, -0.15) is 0 Å². The lowest BCUT2D eigenvalue weighted by Crippen LogP contribution is -2.04. The van der Waals surface area contributed by atoms with Gasteiger partial charge in [-0.05, 0) is 31.4 Å². The smallest absolute Gasteiger partial charge is 0.142 e. The molecule has 1 aliphatic carbocycles. The van der Waals surface area contributed by atoms with Gasteiger partial charge >= 0.3 is 0 Å². The van der Waals surface area contributed by atoms with Gasteiger partial charge in [-0.25, -0.2) is 0 Å². The van der Waals surface area contributed by atoms with E-state index < -0.39 is 0 Å². The number of anilines is 1. The molecule has 1 aliphatic rings. The van der Waals surface area contributed by atoms with Gasteiger partial charge in [-0.3, -0.25) is 0 Å². The van der Waals surface area contributed by atoms with Gasteiger partial charge in [0.1, 0.15) is 5.75 Å². The van der Waals surface area contributed by atoms with Crippen LogP contribution in [0, 0.1) is 5.92 Å². The standard InChI is InChI=1S/C13H19NO/c1-2-15-13-6-4-3-5-12(13)14-10-9-11-7-8-11/h3-6,11,14H,2,7-10H2,1H3. The molecular weight excluding hydrogens is 186 g/mol. The van der Waals surface area contributed by atoms with Gasteiger partial charge in [0.15, 0.2) is 0 Å². The van der Waals surface area contributed by atoms with Crippen LogP contribution >= 0.6 is 0 Å². The summed E-state index contributed by atoms with van der Waals surface area (Å²) in [7, 11) is 0. The number of rotatable bonds is 6. The second kappa shape index (κ2) is 5.06. The third kappa shape index (κ3) is 3.15. The summed E-state index contributed by atoms with van der Waals surface area (Å²) < 4.78 is 5.55. The highest BCUT2D eigenvalue weighted by Crippen LogP contribution is 2.32. The van der Waals surface area contributed by atoms with Crippen molar-refractivity contribution in [2.45, 2.75) is 26.2 Å². The minimum atomic E-state index is 0.724. The monoisotopic (exact) mass is 205 g/mol. The molecule has 0 atom stereocenters. The third-order valence-corrected chi connectivity index (χ3v) is 2.75. The van der Waals surface area contributed by atoms with Gasteiger partial charge in [0, 0.05) is 6.54 Å². The average molecular weight is 205 g/mol. The number of hydrogen-bond acceptors (Lipinski definition) is 2. The molecule has 2 nitrogen and oxygen atoms in total. The zero-order valence-corrected chi connectivity index (χ0v) is 9.33. The maximum Gasteiger partial charge on any atom is 0.142 e. The lowest BCUT2D eigenvalue weighted by atomic mass is 10.2. The van der Waals surface area contributed by atoms with Crippen LogP contribution in [0.3, 0.4) is 0 Å². The number of nitrogens with one attached hydrogen (secondary N) is 1. The Morgan fingerprint density at radius 3 is 2.87 bits per heavy atom. The van der Waals surface area contributed by atoms with Gasteiger partial charge < -0.3 is 10.1 Å². The van der Waals surface area contributed by atoms with Crippen molar-refractivity contribution >= 4 is 5.69 Å². The molecule has 0 bridgehead atoms. The molecule has 0 radical (unpaired) electrons. The quantitative estimate of drug-likeness (QED) is 0.769. The van der Waals surface area contributed by atoms with E-state index in [1.165, 1.54) is 19.3 Å². The number of hydrogen-bond donors (Lipinski definition) is 1. The molecule has 1 aromatic carbocycles. The van der Waals surface area contributed by atoms with Crippen molar-refractivity contribution in [3.05, 3.63) is 24.3 Å². The van der Waals surface area contributed by atoms with Crippen LogP contribution in [-0.2, 0) is 0 Å². The topological polar surface area (TPSA) is 21.3 Å². The van der Waals surface area contributed by atoms with Crippen LogP contribution in [0.4, 0.5) is 5.69 Å². The van der Waals surface area contributed by atoms with E-state index in [0.29, 0.717) is 0 Å². The maximum absolute atomic E-state index is 5.55. The molecule has 82 valence electrons. The van der Waals surface area contributed by atoms with E-state index in [-0.39, 0.29) is 0 Å². The van der Waals surface area contributed by atoms with Crippen LogP contribution in [-0.4, -0.2) is 13.2 Å². The summed E-state index contributed by atoms with van der Waals surface area (Å²) in [6, 6.07) is 8.15. The first kappa shape index (κ1) is 10.3. The van der Waals surface area contributed by atoms with E-state index in [1.807, 2.05) is 25.1 Å². The first-order valence-electron chi connectivity index (χ1n) is 5.86. The zero-order chi connectivity index (χ0) is 10.5. The summed E-state index contributed by atoms with van der Waals surface area (Å²) in [6.07, 6.45) is 4.14. The van der Waals surface area contributed by atoms with E-state index in [1.54, 1.807) is 0 Å². The fraction of sp³-hybridized carbons (Fsp3) is 0.538. The van der Waals surface area contributed by atoms with Gasteiger partial charge in [0.05, 0.1) is 12.3 Å². The Balaban J connectivity index is 1.86. The van der Waals surface area contributed by atoms with Crippen molar-refractivity contribution in [2.75, 3.05) is 18.5 Å². The summed E-state index contributed by atoms with van der Waals surface area (Å²) in [5, 5.41) is 3.44. The van der Waals surface area contributed by atoms with Crippen LogP contribution in [0.2, 0.25) is 0 Å². The van der Waals surface area contributed by atoms with Crippen molar-refractivity contribution in [1.82, 2.24) is 0 Å². The van der Waals surface area contributed by atoms with Crippen molar-refractivity contribution in [1.29, 1.82) is 0 Å². The van der Waals surface area contributed by atoms with Gasteiger partial charge in [0.2, 0.25) is 0 Å². The highest BCUT2D eigenvalue weighted by Gasteiger charge is 2.20. The molecule has 1 aromatic rings. The highest BCUT2D eigenvalue weighted by molar-refractivity contribution is 5.56. The lowest BCUT2D eigenvalue weighted by Gasteiger charge is -2.11. The minimum Gasteiger partial charge on any atom is -0.492 e. The normalized spacial score (nSPS) is 15.0. The van der Waals surface area contributed by atoms with Crippen LogP contribution < -0.4 is 10.1 Å². The van der Waals surface area contributed by atoms with Crippen LogP contribution in [0.5, 0.6) is 5.75 Å². The first-order chi connectivity index (χ1) is 7.40. The fourth-order valence-corrected chi connectivity index (χ4v) is 1.71. The summed E-state index contributed by atoms with van der Waals surface area (Å²) in [6.45, 7) is 3.80. The Hall–Kier alpha value is -1.18. The summed E-state index contributed by atoms with van der Waals surface area (Å²) in [5.74, 6) is 1.95. The Kier molecular flexibility index (Phi) is 3.49. The first-order valence-corrected chi connectivity index (χ1v) is 5.86. The average Bonchev–Trinajstić information content (AvgIpc) is 3.05.